The number of likely N-dealkylation sites (N-methyl/N-ethyl adjacent to an activating group) is 1. The van der Waals surface area contributed by atoms with Crippen LogP contribution in [0.1, 0.15) is 29.3 Å². The molecule has 1 rings (SSSR count). The molecule has 0 saturated carbocycles. The van der Waals surface area contributed by atoms with Crippen molar-refractivity contribution in [2.75, 3.05) is 33.7 Å². The topological polar surface area (TPSA) is 49.6 Å². The van der Waals surface area contributed by atoms with Gasteiger partial charge in [-0.3, -0.25) is 4.79 Å². The normalized spacial score (nSPS) is 10.6. The number of nitrogens with two attached hydrogens (primary N) is 1. The Morgan fingerprint density at radius 2 is 1.85 bits per heavy atom. The van der Waals surface area contributed by atoms with Crippen molar-refractivity contribution in [3.8, 4) is 0 Å². The molecular weight excluding hydrogens is 270 g/mol. The Bertz CT molecular complexity index is 474. The van der Waals surface area contributed by atoms with Crippen molar-refractivity contribution >= 4 is 23.1 Å². The molecule has 0 aliphatic carbocycles. The van der Waals surface area contributed by atoms with Gasteiger partial charge >= 0.3 is 0 Å². The predicted octanol–water partition coefficient (Wildman–Crippen LogP) is 1.73. The van der Waals surface area contributed by atoms with Crippen LogP contribution in [0, 0.1) is 0 Å². The second-order valence-electron chi connectivity index (χ2n) is 5.04. The first-order chi connectivity index (χ1) is 9.45. The summed E-state index contributed by atoms with van der Waals surface area (Å²) in [6.07, 6.45) is 0.939. The zero-order chi connectivity index (χ0) is 15.1. The Labute approximate surface area is 126 Å². The number of hydrogen-bond acceptors (Lipinski definition) is 3. The summed E-state index contributed by atoms with van der Waals surface area (Å²) in [6, 6.07) is 7.21. The molecule has 0 spiro atoms. The lowest BCUT2D eigenvalue weighted by molar-refractivity contribution is 0.0745. The molecule has 0 fully saturated rings. The van der Waals surface area contributed by atoms with Gasteiger partial charge < -0.3 is 15.5 Å². The Balaban J connectivity index is 2.87. The standard InChI is InChI=1S/C15H23N3OS/c1-4-8-18(10-9-17(2)3)15(19)13-7-5-6-12(11-13)14(16)20/h5-7,11H,4,8-10H2,1-3H3,(H2,16,20). The van der Waals surface area contributed by atoms with E-state index >= 15 is 0 Å². The first-order valence-electron chi connectivity index (χ1n) is 6.79. The van der Waals surface area contributed by atoms with Crippen molar-refractivity contribution < 1.29 is 4.79 Å². The lowest BCUT2D eigenvalue weighted by Gasteiger charge is -2.24. The largest absolute Gasteiger partial charge is 0.389 e. The molecule has 5 heteroatoms. The molecule has 0 aliphatic rings. The Hall–Kier alpha value is -1.46. The summed E-state index contributed by atoms with van der Waals surface area (Å²) in [4.78, 5) is 16.8. The highest BCUT2D eigenvalue weighted by molar-refractivity contribution is 7.80. The lowest BCUT2D eigenvalue weighted by atomic mass is 10.1. The molecular formula is C15H23N3OS. The summed E-state index contributed by atoms with van der Waals surface area (Å²) in [7, 11) is 4.00. The third-order valence-electron chi connectivity index (χ3n) is 2.99. The molecule has 0 aliphatic heterocycles. The third-order valence-corrected chi connectivity index (χ3v) is 3.23. The van der Waals surface area contributed by atoms with E-state index < -0.39 is 0 Å². The average molecular weight is 293 g/mol. The molecule has 20 heavy (non-hydrogen) atoms. The van der Waals surface area contributed by atoms with Gasteiger partial charge in [0.15, 0.2) is 0 Å². The van der Waals surface area contributed by atoms with E-state index in [0.29, 0.717) is 10.6 Å². The zero-order valence-corrected chi connectivity index (χ0v) is 13.2. The predicted molar refractivity (Wildman–Crippen MR) is 87.1 cm³/mol. The first-order valence-corrected chi connectivity index (χ1v) is 7.20. The van der Waals surface area contributed by atoms with Gasteiger partial charge in [-0.15, -0.1) is 0 Å². The molecule has 1 amide bonds. The third kappa shape index (κ3) is 4.90. The van der Waals surface area contributed by atoms with Crippen molar-refractivity contribution in [2.45, 2.75) is 13.3 Å². The Morgan fingerprint density at radius 1 is 1.20 bits per heavy atom. The smallest absolute Gasteiger partial charge is 0.253 e. The maximum Gasteiger partial charge on any atom is 0.253 e. The van der Waals surface area contributed by atoms with Crippen molar-refractivity contribution in [1.82, 2.24) is 9.80 Å². The van der Waals surface area contributed by atoms with Crippen LogP contribution in [-0.2, 0) is 0 Å². The molecule has 0 heterocycles. The molecule has 1 aromatic rings. The van der Waals surface area contributed by atoms with Crippen LogP contribution in [0.2, 0.25) is 0 Å². The molecule has 0 atom stereocenters. The van der Waals surface area contributed by atoms with Crippen LogP contribution in [0.5, 0.6) is 0 Å². The minimum atomic E-state index is 0.0341. The fourth-order valence-corrected chi connectivity index (χ4v) is 2.02. The highest BCUT2D eigenvalue weighted by atomic mass is 32.1. The second kappa shape index (κ2) is 7.97. The van der Waals surface area contributed by atoms with Crippen LogP contribution in [0.15, 0.2) is 24.3 Å². The Kier molecular flexibility index (Phi) is 6.61. The SMILES string of the molecule is CCCN(CCN(C)C)C(=O)c1cccc(C(N)=S)c1. The molecule has 110 valence electrons. The minimum Gasteiger partial charge on any atom is -0.389 e. The number of nitrogens with zero attached hydrogens (tertiary/aromatic N) is 2. The van der Waals surface area contributed by atoms with Crippen molar-refractivity contribution in [3.05, 3.63) is 35.4 Å². The molecule has 1 aromatic carbocycles. The molecule has 0 saturated heterocycles. The van der Waals surface area contributed by atoms with E-state index in [-0.39, 0.29) is 5.91 Å². The van der Waals surface area contributed by atoms with E-state index in [1.54, 1.807) is 6.07 Å². The summed E-state index contributed by atoms with van der Waals surface area (Å²) in [5, 5.41) is 0. The number of carbonyl (C=O) groups excluding carboxylic acids is 1. The number of carbonyl (C=O) groups is 1. The van der Waals surface area contributed by atoms with E-state index in [4.69, 9.17) is 18.0 Å². The highest BCUT2D eigenvalue weighted by Gasteiger charge is 2.15. The maximum atomic E-state index is 12.5. The summed E-state index contributed by atoms with van der Waals surface area (Å²) < 4.78 is 0. The fourth-order valence-electron chi connectivity index (χ4n) is 1.89. The monoisotopic (exact) mass is 293 g/mol. The van der Waals surface area contributed by atoms with Crippen molar-refractivity contribution in [1.29, 1.82) is 0 Å². The number of amides is 1. The molecule has 0 bridgehead atoms. The summed E-state index contributed by atoms with van der Waals surface area (Å²) in [5.74, 6) is 0.0341. The molecule has 4 nitrogen and oxygen atoms in total. The van der Waals surface area contributed by atoms with E-state index in [1.807, 2.05) is 37.2 Å². The number of thiocarbonyl (C=S) groups is 1. The van der Waals surface area contributed by atoms with Gasteiger partial charge in [0.1, 0.15) is 4.99 Å². The van der Waals surface area contributed by atoms with Gasteiger partial charge in [0.05, 0.1) is 0 Å². The zero-order valence-electron chi connectivity index (χ0n) is 12.4. The summed E-state index contributed by atoms with van der Waals surface area (Å²) in [5.41, 5.74) is 6.99. The maximum absolute atomic E-state index is 12.5. The van der Waals surface area contributed by atoms with Gasteiger partial charge in [0.2, 0.25) is 0 Å². The second-order valence-corrected chi connectivity index (χ2v) is 5.48. The first kappa shape index (κ1) is 16.6. The van der Waals surface area contributed by atoms with Crippen molar-refractivity contribution in [2.24, 2.45) is 5.73 Å². The summed E-state index contributed by atoms with van der Waals surface area (Å²) >= 11 is 4.96. The molecule has 2 N–H and O–H groups in total. The molecule has 0 aromatic heterocycles. The van der Waals surface area contributed by atoms with E-state index in [1.165, 1.54) is 0 Å². The quantitative estimate of drug-likeness (QED) is 0.778. The summed E-state index contributed by atoms with van der Waals surface area (Å²) in [6.45, 7) is 4.39. The van der Waals surface area contributed by atoms with E-state index in [9.17, 15) is 4.79 Å². The van der Waals surface area contributed by atoms with Crippen molar-refractivity contribution in [3.63, 3.8) is 0 Å². The Morgan fingerprint density at radius 3 is 2.40 bits per heavy atom. The highest BCUT2D eigenvalue weighted by Crippen LogP contribution is 2.09. The van der Waals surface area contributed by atoms with Crippen LogP contribution in [0.3, 0.4) is 0 Å². The van der Waals surface area contributed by atoms with Gasteiger partial charge in [-0.1, -0.05) is 31.3 Å². The number of rotatable bonds is 7. The van der Waals surface area contributed by atoms with Gasteiger partial charge in [0.25, 0.3) is 5.91 Å². The van der Waals surface area contributed by atoms with E-state index in [2.05, 4.69) is 11.8 Å². The van der Waals surface area contributed by atoms with Gasteiger partial charge in [-0.25, -0.2) is 0 Å². The van der Waals surface area contributed by atoms with Gasteiger partial charge in [0, 0.05) is 30.8 Å². The van der Waals surface area contributed by atoms with E-state index in [0.717, 1.165) is 31.6 Å². The van der Waals surface area contributed by atoms with Gasteiger partial charge in [-0.05, 0) is 32.6 Å². The average Bonchev–Trinajstić information content (AvgIpc) is 2.42. The van der Waals surface area contributed by atoms with Crippen LogP contribution in [0.4, 0.5) is 0 Å². The number of benzene rings is 1. The molecule has 0 radical (unpaired) electrons. The number of hydrogen-bond donors (Lipinski definition) is 1. The molecule has 0 unspecified atom stereocenters. The van der Waals surface area contributed by atoms with Crippen LogP contribution in [-0.4, -0.2) is 54.4 Å². The van der Waals surface area contributed by atoms with Crippen LogP contribution >= 0.6 is 12.2 Å². The van der Waals surface area contributed by atoms with Crippen LogP contribution in [0.25, 0.3) is 0 Å². The van der Waals surface area contributed by atoms with Crippen LogP contribution < -0.4 is 5.73 Å². The minimum absolute atomic E-state index is 0.0341. The fraction of sp³-hybridized carbons (Fsp3) is 0.467. The van der Waals surface area contributed by atoms with Gasteiger partial charge in [-0.2, -0.15) is 0 Å². The lowest BCUT2D eigenvalue weighted by Crippen LogP contribution is -2.37.